The fourth-order valence-corrected chi connectivity index (χ4v) is 3.26. The quantitative estimate of drug-likeness (QED) is 0.656. The lowest BCUT2D eigenvalue weighted by Gasteiger charge is -2.30. The maximum atomic E-state index is 5.70. The summed E-state index contributed by atoms with van der Waals surface area (Å²) < 4.78 is 5.69. The molecule has 0 aliphatic carbocycles. The summed E-state index contributed by atoms with van der Waals surface area (Å²) in [7, 11) is 0. The average molecular weight is 266 g/mol. The van der Waals surface area contributed by atoms with E-state index in [4.69, 9.17) is 10.5 Å². The van der Waals surface area contributed by atoms with Gasteiger partial charge in [-0.25, -0.2) is 0 Å². The van der Waals surface area contributed by atoms with Crippen LogP contribution in [-0.2, 0) is 0 Å². The third-order valence-electron chi connectivity index (χ3n) is 3.07. The lowest BCUT2D eigenvalue weighted by Crippen LogP contribution is -2.37. The Labute approximate surface area is 114 Å². The Balaban J connectivity index is 1.64. The van der Waals surface area contributed by atoms with Crippen LogP contribution in [0.5, 0.6) is 5.75 Å². The van der Waals surface area contributed by atoms with Gasteiger partial charge in [0, 0.05) is 42.4 Å². The molecule has 0 aromatic heterocycles. The summed E-state index contributed by atoms with van der Waals surface area (Å²) >= 11 is 2.07. The molecule has 1 aliphatic heterocycles. The van der Waals surface area contributed by atoms with Crippen molar-refractivity contribution in [2.24, 2.45) is 0 Å². The minimum Gasteiger partial charge on any atom is -0.493 e. The Morgan fingerprint density at radius 3 is 3.17 bits per heavy atom. The molecule has 1 aromatic rings. The van der Waals surface area contributed by atoms with Gasteiger partial charge in [-0.1, -0.05) is 13.0 Å². The molecular formula is C14H22N2OS. The molecule has 1 atom stereocenters. The van der Waals surface area contributed by atoms with Crippen molar-refractivity contribution in [1.29, 1.82) is 0 Å². The first-order chi connectivity index (χ1) is 8.74. The lowest BCUT2D eigenvalue weighted by atomic mass is 10.3. The number of benzene rings is 1. The van der Waals surface area contributed by atoms with Crippen molar-refractivity contribution in [3.63, 3.8) is 0 Å². The van der Waals surface area contributed by atoms with Gasteiger partial charge in [0.15, 0.2) is 0 Å². The standard InChI is InChI=1S/C14H22N2OS/c1-12-11-16(7-9-18-12)6-3-8-17-14-5-2-4-13(15)10-14/h2,4-5,10,12H,3,6-9,11,15H2,1H3. The molecular weight excluding hydrogens is 244 g/mol. The summed E-state index contributed by atoms with van der Waals surface area (Å²) in [4.78, 5) is 2.53. The Hall–Kier alpha value is -0.870. The minimum atomic E-state index is 0.759. The molecule has 100 valence electrons. The van der Waals surface area contributed by atoms with E-state index in [0.29, 0.717) is 0 Å². The van der Waals surface area contributed by atoms with Crippen LogP contribution in [0, 0.1) is 0 Å². The van der Waals surface area contributed by atoms with Gasteiger partial charge in [-0.3, -0.25) is 0 Å². The van der Waals surface area contributed by atoms with E-state index in [9.17, 15) is 0 Å². The fraction of sp³-hybridized carbons (Fsp3) is 0.571. The van der Waals surface area contributed by atoms with Gasteiger partial charge in [-0.05, 0) is 18.6 Å². The van der Waals surface area contributed by atoms with Crippen molar-refractivity contribution in [3.05, 3.63) is 24.3 Å². The Kier molecular flexibility index (Phi) is 5.20. The lowest BCUT2D eigenvalue weighted by molar-refractivity contribution is 0.241. The highest BCUT2D eigenvalue weighted by atomic mass is 32.2. The third kappa shape index (κ3) is 4.42. The van der Waals surface area contributed by atoms with Crippen molar-refractivity contribution in [2.75, 3.05) is 37.7 Å². The minimum absolute atomic E-state index is 0.759. The number of hydrogen-bond donors (Lipinski definition) is 1. The molecule has 0 amide bonds. The zero-order valence-electron chi connectivity index (χ0n) is 11.0. The van der Waals surface area contributed by atoms with Gasteiger partial charge in [0.05, 0.1) is 6.61 Å². The molecule has 1 fully saturated rings. The van der Waals surface area contributed by atoms with E-state index in [1.165, 1.54) is 18.8 Å². The first kappa shape index (κ1) is 13.6. The SMILES string of the molecule is CC1CN(CCCOc2cccc(N)c2)CCS1. The average Bonchev–Trinajstić information content (AvgIpc) is 2.35. The van der Waals surface area contributed by atoms with Gasteiger partial charge in [-0.2, -0.15) is 11.8 Å². The highest BCUT2D eigenvalue weighted by Crippen LogP contribution is 2.18. The zero-order chi connectivity index (χ0) is 12.8. The summed E-state index contributed by atoms with van der Waals surface area (Å²) in [6.45, 7) is 6.63. The zero-order valence-corrected chi connectivity index (χ0v) is 11.8. The normalized spacial score (nSPS) is 20.8. The molecule has 0 radical (unpaired) electrons. The maximum absolute atomic E-state index is 5.70. The van der Waals surface area contributed by atoms with Crippen LogP contribution in [0.1, 0.15) is 13.3 Å². The Morgan fingerprint density at radius 2 is 2.39 bits per heavy atom. The monoisotopic (exact) mass is 266 g/mol. The highest BCUT2D eigenvalue weighted by molar-refractivity contribution is 7.99. The summed E-state index contributed by atoms with van der Waals surface area (Å²) in [5.41, 5.74) is 6.46. The number of nitrogens with zero attached hydrogens (tertiary/aromatic N) is 1. The summed E-state index contributed by atoms with van der Waals surface area (Å²) in [6.07, 6.45) is 1.08. The van der Waals surface area contributed by atoms with Gasteiger partial charge < -0.3 is 15.4 Å². The van der Waals surface area contributed by atoms with E-state index in [2.05, 4.69) is 23.6 Å². The van der Waals surface area contributed by atoms with Crippen LogP contribution >= 0.6 is 11.8 Å². The highest BCUT2D eigenvalue weighted by Gasteiger charge is 2.15. The number of rotatable bonds is 5. The summed E-state index contributed by atoms with van der Waals surface area (Å²) in [5, 5.41) is 0.772. The molecule has 1 aliphatic rings. The predicted molar refractivity (Wildman–Crippen MR) is 79.3 cm³/mol. The number of anilines is 1. The number of hydrogen-bond acceptors (Lipinski definition) is 4. The molecule has 4 heteroatoms. The number of nitrogen functional groups attached to an aromatic ring is 1. The van der Waals surface area contributed by atoms with Crippen molar-refractivity contribution < 1.29 is 4.74 Å². The smallest absolute Gasteiger partial charge is 0.121 e. The molecule has 2 rings (SSSR count). The van der Waals surface area contributed by atoms with Gasteiger partial charge in [0.2, 0.25) is 0 Å². The van der Waals surface area contributed by atoms with Crippen LogP contribution in [0.4, 0.5) is 5.69 Å². The first-order valence-corrected chi connectivity index (χ1v) is 7.61. The molecule has 3 nitrogen and oxygen atoms in total. The van der Waals surface area contributed by atoms with E-state index in [1.807, 2.05) is 24.3 Å². The second kappa shape index (κ2) is 6.90. The van der Waals surface area contributed by atoms with E-state index < -0.39 is 0 Å². The van der Waals surface area contributed by atoms with E-state index in [-0.39, 0.29) is 0 Å². The second-order valence-corrected chi connectivity index (χ2v) is 6.30. The van der Waals surface area contributed by atoms with Crippen LogP contribution in [0.3, 0.4) is 0 Å². The van der Waals surface area contributed by atoms with E-state index in [1.54, 1.807) is 0 Å². The maximum Gasteiger partial charge on any atom is 0.121 e. The van der Waals surface area contributed by atoms with Gasteiger partial charge in [0.25, 0.3) is 0 Å². The first-order valence-electron chi connectivity index (χ1n) is 6.56. The Bertz CT molecular complexity index is 373. The molecule has 1 heterocycles. The van der Waals surface area contributed by atoms with Crippen molar-refractivity contribution >= 4 is 17.4 Å². The number of thioether (sulfide) groups is 1. The summed E-state index contributed by atoms with van der Waals surface area (Å²) in [6, 6.07) is 7.63. The third-order valence-corrected chi connectivity index (χ3v) is 4.21. The van der Waals surface area contributed by atoms with Crippen LogP contribution in [0.2, 0.25) is 0 Å². The predicted octanol–water partition coefficient (Wildman–Crippen LogP) is 2.48. The molecule has 1 aromatic carbocycles. The van der Waals surface area contributed by atoms with E-state index in [0.717, 1.165) is 36.3 Å². The van der Waals surface area contributed by atoms with Crippen LogP contribution < -0.4 is 10.5 Å². The molecule has 18 heavy (non-hydrogen) atoms. The number of nitrogens with two attached hydrogens (primary N) is 1. The van der Waals surface area contributed by atoms with Crippen molar-refractivity contribution in [3.8, 4) is 5.75 Å². The van der Waals surface area contributed by atoms with Gasteiger partial charge >= 0.3 is 0 Å². The van der Waals surface area contributed by atoms with Crippen LogP contribution in [0.15, 0.2) is 24.3 Å². The molecule has 0 bridgehead atoms. The summed E-state index contributed by atoms with van der Waals surface area (Å²) in [5.74, 6) is 2.13. The molecule has 2 N–H and O–H groups in total. The Morgan fingerprint density at radius 1 is 1.50 bits per heavy atom. The van der Waals surface area contributed by atoms with Crippen LogP contribution in [0.25, 0.3) is 0 Å². The van der Waals surface area contributed by atoms with Gasteiger partial charge in [0.1, 0.15) is 5.75 Å². The molecule has 1 unspecified atom stereocenters. The molecule has 0 spiro atoms. The fourth-order valence-electron chi connectivity index (χ4n) is 2.18. The second-order valence-electron chi connectivity index (χ2n) is 4.76. The van der Waals surface area contributed by atoms with Crippen molar-refractivity contribution in [1.82, 2.24) is 4.90 Å². The topological polar surface area (TPSA) is 38.5 Å². The van der Waals surface area contributed by atoms with Crippen molar-refractivity contribution in [2.45, 2.75) is 18.6 Å². The largest absolute Gasteiger partial charge is 0.493 e. The molecule has 0 saturated carbocycles. The van der Waals surface area contributed by atoms with E-state index >= 15 is 0 Å². The van der Waals surface area contributed by atoms with Gasteiger partial charge in [-0.15, -0.1) is 0 Å². The number of ether oxygens (including phenoxy) is 1. The van der Waals surface area contributed by atoms with Crippen LogP contribution in [-0.4, -0.2) is 42.1 Å². The molecule has 1 saturated heterocycles.